The van der Waals surface area contributed by atoms with Crippen molar-refractivity contribution in [3.8, 4) is 0 Å². The minimum absolute atomic E-state index is 0.136. The third-order valence-electron chi connectivity index (χ3n) is 4.91. The zero-order chi connectivity index (χ0) is 20.2. The predicted octanol–water partition coefficient (Wildman–Crippen LogP) is 3.32. The molecule has 0 radical (unpaired) electrons. The molecule has 7 nitrogen and oxygen atoms in total. The smallest absolute Gasteiger partial charge is 0.289 e. The number of carbonyl (C=O) groups excluding carboxylic acids is 2. The molecule has 2 amide bonds. The highest BCUT2D eigenvalue weighted by Crippen LogP contribution is 2.18. The van der Waals surface area contributed by atoms with Crippen molar-refractivity contribution >= 4 is 23.2 Å². The Bertz CT molecular complexity index is 991. The molecule has 0 unspecified atom stereocenters. The monoisotopic (exact) mass is 390 g/mol. The van der Waals surface area contributed by atoms with E-state index in [0.29, 0.717) is 37.6 Å². The van der Waals surface area contributed by atoms with Gasteiger partial charge in [0.1, 0.15) is 5.69 Å². The zero-order valence-corrected chi connectivity index (χ0v) is 16.2. The number of pyridine rings is 1. The summed E-state index contributed by atoms with van der Waals surface area (Å²) in [6.45, 7) is 3.89. The van der Waals surface area contributed by atoms with E-state index in [1.807, 2.05) is 37.3 Å². The number of aromatic nitrogens is 1. The number of rotatable bonds is 4. The van der Waals surface area contributed by atoms with Crippen LogP contribution in [0.1, 0.15) is 26.6 Å². The third-order valence-corrected chi connectivity index (χ3v) is 4.91. The number of piperazine rings is 1. The molecule has 1 N–H and O–H groups in total. The number of carbonyl (C=O) groups is 2. The standard InChI is InChI=1S/C22H22N4O3/c1-16-4-6-17(7-5-16)24-18-8-9-23-19(15-18)21(27)25-10-12-26(13-11-25)22(28)20-3-2-14-29-20/h2-9,14-15H,10-13H2,1H3,(H,23,24). The number of amides is 2. The first-order valence-electron chi connectivity index (χ1n) is 9.52. The Kier molecular flexibility index (Phi) is 5.29. The SMILES string of the molecule is Cc1ccc(Nc2ccnc(C(=O)N3CCN(C(=O)c4ccco4)CC3)c2)cc1. The Hall–Kier alpha value is -3.61. The summed E-state index contributed by atoms with van der Waals surface area (Å²) in [5.41, 5.74) is 3.32. The molecule has 29 heavy (non-hydrogen) atoms. The molecule has 0 aliphatic carbocycles. The van der Waals surface area contributed by atoms with Gasteiger partial charge in [-0.25, -0.2) is 0 Å². The highest BCUT2D eigenvalue weighted by molar-refractivity contribution is 5.94. The summed E-state index contributed by atoms with van der Waals surface area (Å²) in [6, 6.07) is 15.0. The van der Waals surface area contributed by atoms with Crippen molar-refractivity contribution in [1.82, 2.24) is 14.8 Å². The molecule has 1 aromatic carbocycles. The van der Waals surface area contributed by atoms with Crippen LogP contribution in [0.2, 0.25) is 0 Å². The van der Waals surface area contributed by atoms with E-state index in [1.54, 1.807) is 34.2 Å². The van der Waals surface area contributed by atoms with Gasteiger partial charge in [0.05, 0.1) is 6.26 Å². The zero-order valence-electron chi connectivity index (χ0n) is 16.2. The van der Waals surface area contributed by atoms with Crippen molar-refractivity contribution in [1.29, 1.82) is 0 Å². The number of anilines is 2. The maximum atomic E-state index is 12.9. The lowest BCUT2D eigenvalue weighted by atomic mass is 10.2. The molecule has 1 aliphatic heterocycles. The summed E-state index contributed by atoms with van der Waals surface area (Å²) in [4.78, 5) is 32.9. The fourth-order valence-corrected chi connectivity index (χ4v) is 3.26. The third kappa shape index (κ3) is 4.29. The summed E-state index contributed by atoms with van der Waals surface area (Å²) >= 11 is 0. The van der Waals surface area contributed by atoms with Gasteiger partial charge in [0.2, 0.25) is 0 Å². The van der Waals surface area contributed by atoms with Gasteiger partial charge in [-0.05, 0) is 43.3 Å². The van der Waals surface area contributed by atoms with E-state index in [1.165, 1.54) is 11.8 Å². The van der Waals surface area contributed by atoms with Crippen LogP contribution in [0, 0.1) is 6.92 Å². The summed E-state index contributed by atoms with van der Waals surface area (Å²) in [6.07, 6.45) is 3.11. The molecule has 3 aromatic rings. The molecule has 0 bridgehead atoms. The second-order valence-corrected chi connectivity index (χ2v) is 6.98. The molecular weight excluding hydrogens is 368 g/mol. The van der Waals surface area contributed by atoms with Gasteiger partial charge >= 0.3 is 0 Å². The van der Waals surface area contributed by atoms with E-state index in [2.05, 4.69) is 10.3 Å². The second-order valence-electron chi connectivity index (χ2n) is 6.98. The maximum absolute atomic E-state index is 12.9. The quantitative estimate of drug-likeness (QED) is 0.739. The van der Waals surface area contributed by atoms with Crippen LogP contribution in [0.25, 0.3) is 0 Å². The first-order chi connectivity index (χ1) is 14.1. The van der Waals surface area contributed by atoms with Gasteiger partial charge in [-0.1, -0.05) is 17.7 Å². The van der Waals surface area contributed by atoms with Crippen LogP contribution in [-0.2, 0) is 0 Å². The molecule has 1 fully saturated rings. The van der Waals surface area contributed by atoms with Crippen LogP contribution in [0.5, 0.6) is 0 Å². The van der Waals surface area contributed by atoms with E-state index < -0.39 is 0 Å². The Labute approximate surface area is 169 Å². The average Bonchev–Trinajstić information content (AvgIpc) is 3.30. The molecule has 2 aromatic heterocycles. The van der Waals surface area contributed by atoms with Crippen molar-refractivity contribution in [2.24, 2.45) is 0 Å². The minimum atomic E-state index is -0.149. The van der Waals surface area contributed by atoms with E-state index in [4.69, 9.17) is 4.42 Å². The van der Waals surface area contributed by atoms with Gasteiger partial charge in [0.25, 0.3) is 11.8 Å². The largest absolute Gasteiger partial charge is 0.459 e. The van der Waals surface area contributed by atoms with Crippen molar-refractivity contribution in [3.05, 3.63) is 78.0 Å². The first kappa shape index (κ1) is 18.7. The molecule has 0 atom stereocenters. The summed E-state index contributed by atoms with van der Waals surface area (Å²) in [5, 5.41) is 3.29. The Morgan fingerprint density at radius 1 is 0.931 bits per heavy atom. The van der Waals surface area contributed by atoms with E-state index in [0.717, 1.165) is 11.4 Å². The molecule has 148 valence electrons. The summed E-state index contributed by atoms with van der Waals surface area (Å²) in [7, 11) is 0. The molecule has 4 rings (SSSR count). The molecule has 1 saturated heterocycles. The number of hydrogen-bond acceptors (Lipinski definition) is 5. The number of nitrogens with one attached hydrogen (secondary N) is 1. The fraction of sp³-hybridized carbons (Fsp3) is 0.227. The van der Waals surface area contributed by atoms with Crippen LogP contribution in [0.4, 0.5) is 11.4 Å². The number of nitrogens with zero attached hydrogens (tertiary/aromatic N) is 3. The van der Waals surface area contributed by atoms with E-state index in [9.17, 15) is 9.59 Å². The molecule has 1 aliphatic rings. The molecule has 7 heteroatoms. The molecule has 0 spiro atoms. The first-order valence-corrected chi connectivity index (χ1v) is 9.52. The van der Waals surface area contributed by atoms with Crippen LogP contribution < -0.4 is 5.32 Å². The fourth-order valence-electron chi connectivity index (χ4n) is 3.26. The topological polar surface area (TPSA) is 78.7 Å². The highest BCUT2D eigenvalue weighted by atomic mass is 16.3. The van der Waals surface area contributed by atoms with Crippen molar-refractivity contribution < 1.29 is 14.0 Å². The van der Waals surface area contributed by atoms with Gasteiger partial charge in [-0.15, -0.1) is 0 Å². The lowest BCUT2D eigenvalue weighted by molar-refractivity contribution is 0.0515. The van der Waals surface area contributed by atoms with Gasteiger partial charge < -0.3 is 19.5 Å². The second kappa shape index (κ2) is 8.18. The summed E-state index contributed by atoms with van der Waals surface area (Å²) in [5.74, 6) is 0.0356. The summed E-state index contributed by atoms with van der Waals surface area (Å²) < 4.78 is 5.17. The van der Waals surface area contributed by atoms with Gasteiger partial charge in [-0.2, -0.15) is 0 Å². The molecular formula is C22H22N4O3. The Balaban J connectivity index is 1.38. The van der Waals surface area contributed by atoms with Gasteiger partial charge in [-0.3, -0.25) is 14.6 Å². The van der Waals surface area contributed by atoms with E-state index in [-0.39, 0.29) is 11.8 Å². The molecule has 0 saturated carbocycles. The number of benzene rings is 1. The Morgan fingerprint density at radius 2 is 1.62 bits per heavy atom. The lowest BCUT2D eigenvalue weighted by Crippen LogP contribution is -2.50. The normalized spacial score (nSPS) is 14.0. The van der Waals surface area contributed by atoms with Crippen LogP contribution in [0.3, 0.4) is 0 Å². The number of aryl methyl sites for hydroxylation is 1. The van der Waals surface area contributed by atoms with Crippen LogP contribution in [-0.4, -0.2) is 52.8 Å². The highest BCUT2D eigenvalue weighted by Gasteiger charge is 2.27. The molecule has 3 heterocycles. The van der Waals surface area contributed by atoms with E-state index >= 15 is 0 Å². The minimum Gasteiger partial charge on any atom is -0.459 e. The Morgan fingerprint density at radius 3 is 2.28 bits per heavy atom. The number of hydrogen-bond donors (Lipinski definition) is 1. The van der Waals surface area contributed by atoms with Crippen LogP contribution in [0.15, 0.2) is 65.4 Å². The van der Waals surface area contributed by atoms with Crippen molar-refractivity contribution in [2.45, 2.75) is 6.92 Å². The van der Waals surface area contributed by atoms with Crippen molar-refractivity contribution in [2.75, 3.05) is 31.5 Å². The van der Waals surface area contributed by atoms with Gasteiger partial charge in [0.15, 0.2) is 5.76 Å². The average molecular weight is 390 g/mol. The van der Waals surface area contributed by atoms with Gasteiger partial charge in [0, 0.05) is 43.8 Å². The maximum Gasteiger partial charge on any atom is 0.289 e. The lowest BCUT2D eigenvalue weighted by Gasteiger charge is -2.34. The number of furan rings is 1. The predicted molar refractivity (Wildman–Crippen MR) is 109 cm³/mol. The van der Waals surface area contributed by atoms with Crippen LogP contribution >= 0.6 is 0 Å². The van der Waals surface area contributed by atoms with Crippen molar-refractivity contribution in [3.63, 3.8) is 0 Å².